The molecule has 1 rings (SSSR count). The normalized spacial score (nSPS) is 11.9. The van der Waals surface area contributed by atoms with Crippen LogP contribution in [0.2, 0.25) is 0 Å². The third-order valence-electron chi connectivity index (χ3n) is 2.78. The Balaban J connectivity index is 2.19. The number of carbonyl (C=O) groups excluding carboxylic acids is 1. The van der Waals surface area contributed by atoms with Crippen molar-refractivity contribution in [1.82, 2.24) is 20.2 Å². The Labute approximate surface area is 128 Å². The van der Waals surface area contributed by atoms with Crippen molar-refractivity contribution >= 4 is 23.8 Å². The van der Waals surface area contributed by atoms with Gasteiger partial charge < -0.3 is 20.3 Å². The summed E-state index contributed by atoms with van der Waals surface area (Å²) in [5, 5.41) is 14.3. The SMILES string of the molecule is CCSCCC(C)NC(=O)NCCn1cnc(C(=O)O)c1. The maximum Gasteiger partial charge on any atom is 0.356 e. The molecule has 1 atom stereocenters. The number of nitrogens with zero attached hydrogens (tertiary/aromatic N) is 2. The number of aromatic nitrogens is 2. The van der Waals surface area contributed by atoms with E-state index >= 15 is 0 Å². The van der Waals surface area contributed by atoms with E-state index in [0.29, 0.717) is 13.1 Å². The Bertz CT molecular complexity index is 464. The number of thioether (sulfide) groups is 1. The van der Waals surface area contributed by atoms with Crippen LogP contribution in [0.4, 0.5) is 4.79 Å². The van der Waals surface area contributed by atoms with E-state index in [-0.39, 0.29) is 17.8 Å². The standard InChI is InChI=1S/C13H22N4O3S/c1-3-21-7-4-10(2)16-13(20)14-5-6-17-8-11(12(18)19)15-9-17/h8-10H,3-7H2,1-2H3,(H,18,19)(H2,14,16,20). The molecule has 1 aromatic rings. The van der Waals surface area contributed by atoms with E-state index in [1.165, 1.54) is 12.5 Å². The van der Waals surface area contributed by atoms with E-state index in [0.717, 1.165) is 17.9 Å². The zero-order valence-electron chi connectivity index (χ0n) is 12.3. The predicted octanol–water partition coefficient (Wildman–Crippen LogP) is 1.41. The lowest BCUT2D eigenvalue weighted by Gasteiger charge is -2.14. The molecule has 0 fully saturated rings. The molecule has 118 valence electrons. The number of rotatable bonds is 9. The molecular formula is C13H22N4O3S. The number of carboxylic acid groups (broad SMARTS) is 1. The highest BCUT2D eigenvalue weighted by Gasteiger charge is 2.08. The zero-order chi connectivity index (χ0) is 15.7. The second-order valence-corrected chi connectivity index (χ2v) is 5.98. The Kier molecular flexibility index (Phi) is 7.66. The highest BCUT2D eigenvalue weighted by Crippen LogP contribution is 2.03. The Morgan fingerprint density at radius 1 is 1.52 bits per heavy atom. The van der Waals surface area contributed by atoms with Gasteiger partial charge in [-0.2, -0.15) is 11.8 Å². The van der Waals surface area contributed by atoms with Gasteiger partial charge in [-0.25, -0.2) is 14.6 Å². The van der Waals surface area contributed by atoms with Crippen LogP contribution in [0, 0.1) is 0 Å². The summed E-state index contributed by atoms with van der Waals surface area (Å²) in [7, 11) is 0. The van der Waals surface area contributed by atoms with Gasteiger partial charge in [-0.1, -0.05) is 6.92 Å². The molecule has 0 aliphatic carbocycles. The molecule has 0 saturated heterocycles. The van der Waals surface area contributed by atoms with Crippen LogP contribution in [0.3, 0.4) is 0 Å². The minimum atomic E-state index is -1.06. The first kappa shape index (κ1) is 17.4. The van der Waals surface area contributed by atoms with E-state index in [4.69, 9.17) is 5.11 Å². The molecule has 8 heteroatoms. The van der Waals surface area contributed by atoms with E-state index in [2.05, 4.69) is 22.5 Å². The summed E-state index contributed by atoms with van der Waals surface area (Å²) < 4.78 is 1.63. The van der Waals surface area contributed by atoms with E-state index < -0.39 is 5.97 Å². The maximum atomic E-state index is 11.6. The lowest BCUT2D eigenvalue weighted by Crippen LogP contribution is -2.42. The summed E-state index contributed by atoms with van der Waals surface area (Å²) in [5.41, 5.74) is 0.00139. The number of urea groups is 1. The van der Waals surface area contributed by atoms with Gasteiger partial charge in [0.15, 0.2) is 5.69 Å². The van der Waals surface area contributed by atoms with Crippen molar-refractivity contribution in [3.05, 3.63) is 18.2 Å². The van der Waals surface area contributed by atoms with Gasteiger partial charge in [0.1, 0.15) is 0 Å². The molecule has 0 bridgehead atoms. The predicted molar refractivity (Wildman–Crippen MR) is 82.8 cm³/mol. The fourth-order valence-corrected chi connectivity index (χ4v) is 2.45. The number of hydrogen-bond acceptors (Lipinski definition) is 4. The fourth-order valence-electron chi connectivity index (χ4n) is 1.64. The summed E-state index contributed by atoms with van der Waals surface area (Å²) in [6.45, 7) is 4.98. The highest BCUT2D eigenvalue weighted by molar-refractivity contribution is 7.99. The first-order valence-electron chi connectivity index (χ1n) is 6.90. The molecule has 7 nitrogen and oxygen atoms in total. The highest BCUT2D eigenvalue weighted by atomic mass is 32.2. The molecule has 2 amide bonds. The molecule has 1 unspecified atom stereocenters. The molecule has 0 aromatic carbocycles. The van der Waals surface area contributed by atoms with Crippen LogP contribution < -0.4 is 10.6 Å². The average molecular weight is 314 g/mol. The quantitative estimate of drug-likeness (QED) is 0.599. The monoisotopic (exact) mass is 314 g/mol. The second kappa shape index (κ2) is 9.28. The van der Waals surface area contributed by atoms with Crippen LogP contribution in [-0.4, -0.2) is 50.8 Å². The Morgan fingerprint density at radius 2 is 2.29 bits per heavy atom. The first-order chi connectivity index (χ1) is 10.0. The number of carboxylic acids is 1. The van der Waals surface area contributed by atoms with Gasteiger partial charge >= 0.3 is 12.0 Å². The van der Waals surface area contributed by atoms with Gasteiger partial charge in [0.2, 0.25) is 0 Å². The molecule has 0 radical (unpaired) electrons. The fraction of sp³-hybridized carbons (Fsp3) is 0.615. The largest absolute Gasteiger partial charge is 0.476 e. The summed E-state index contributed by atoms with van der Waals surface area (Å²) in [4.78, 5) is 26.0. The smallest absolute Gasteiger partial charge is 0.356 e. The van der Waals surface area contributed by atoms with Crippen LogP contribution in [0.1, 0.15) is 30.8 Å². The average Bonchev–Trinajstić information content (AvgIpc) is 2.88. The molecule has 1 aromatic heterocycles. The molecule has 0 saturated carbocycles. The lowest BCUT2D eigenvalue weighted by molar-refractivity contribution is 0.0691. The van der Waals surface area contributed by atoms with E-state index in [9.17, 15) is 9.59 Å². The van der Waals surface area contributed by atoms with Gasteiger partial charge in [-0.15, -0.1) is 0 Å². The van der Waals surface area contributed by atoms with Crippen molar-refractivity contribution in [3.63, 3.8) is 0 Å². The number of carbonyl (C=O) groups is 2. The molecule has 1 heterocycles. The van der Waals surface area contributed by atoms with Crippen molar-refractivity contribution in [2.45, 2.75) is 32.9 Å². The van der Waals surface area contributed by atoms with Gasteiger partial charge in [-0.05, 0) is 24.9 Å². The van der Waals surface area contributed by atoms with Crippen LogP contribution in [0.5, 0.6) is 0 Å². The second-order valence-electron chi connectivity index (χ2n) is 4.59. The molecule has 3 N–H and O–H groups in total. The minimum absolute atomic E-state index is 0.00139. The van der Waals surface area contributed by atoms with Gasteiger partial charge in [0.05, 0.1) is 6.33 Å². The summed E-state index contributed by atoms with van der Waals surface area (Å²) in [6, 6.07) is -0.0709. The number of imidazole rings is 1. The van der Waals surface area contributed by atoms with Crippen molar-refractivity contribution in [3.8, 4) is 0 Å². The number of nitrogens with one attached hydrogen (secondary N) is 2. The number of aromatic carboxylic acids is 1. The van der Waals surface area contributed by atoms with Crippen molar-refractivity contribution in [2.24, 2.45) is 0 Å². The van der Waals surface area contributed by atoms with Crippen LogP contribution in [-0.2, 0) is 6.54 Å². The van der Waals surface area contributed by atoms with Crippen LogP contribution >= 0.6 is 11.8 Å². The first-order valence-corrected chi connectivity index (χ1v) is 8.05. The molecule has 21 heavy (non-hydrogen) atoms. The molecule has 0 spiro atoms. The maximum absolute atomic E-state index is 11.6. The molecule has 0 aliphatic heterocycles. The van der Waals surface area contributed by atoms with E-state index in [1.807, 2.05) is 18.7 Å². The van der Waals surface area contributed by atoms with Gasteiger partial charge in [0.25, 0.3) is 0 Å². The van der Waals surface area contributed by atoms with E-state index in [1.54, 1.807) is 4.57 Å². The number of hydrogen-bond donors (Lipinski definition) is 3. The third-order valence-corrected chi connectivity index (χ3v) is 3.72. The Hall–Kier alpha value is -1.70. The molecule has 0 aliphatic rings. The van der Waals surface area contributed by atoms with Gasteiger partial charge in [-0.3, -0.25) is 0 Å². The summed E-state index contributed by atoms with van der Waals surface area (Å²) in [5.74, 6) is 1.06. The lowest BCUT2D eigenvalue weighted by atomic mass is 10.3. The van der Waals surface area contributed by atoms with Crippen LogP contribution in [0.15, 0.2) is 12.5 Å². The third kappa shape index (κ3) is 7.03. The van der Waals surface area contributed by atoms with Crippen LogP contribution in [0.25, 0.3) is 0 Å². The molecular weight excluding hydrogens is 292 g/mol. The zero-order valence-corrected chi connectivity index (χ0v) is 13.2. The minimum Gasteiger partial charge on any atom is -0.476 e. The number of amides is 2. The van der Waals surface area contributed by atoms with Crippen molar-refractivity contribution < 1.29 is 14.7 Å². The summed E-state index contributed by atoms with van der Waals surface area (Å²) in [6.07, 6.45) is 3.82. The van der Waals surface area contributed by atoms with Crippen molar-refractivity contribution in [1.29, 1.82) is 0 Å². The topological polar surface area (TPSA) is 96.3 Å². The van der Waals surface area contributed by atoms with Gasteiger partial charge in [0, 0.05) is 25.3 Å². The van der Waals surface area contributed by atoms with Crippen molar-refractivity contribution in [2.75, 3.05) is 18.1 Å². The summed E-state index contributed by atoms with van der Waals surface area (Å²) >= 11 is 1.85. The Morgan fingerprint density at radius 3 is 2.90 bits per heavy atom.